The van der Waals surface area contributed by atoms with Crippen LogP contribution in [0.5, 0.6) is 0 Å². The van der Waals surface area contributed by atoms with Crippen molar-refractivity contribution in [2.45, 2.75) is 13.3 Å². The van der Waals surface area contributed by atoms with Crippen molar-refractivity contribution in [3.63, 3.8) is 0 Å². The number of carbonyl (C=O) groups is 1. The Morgan fingerprint density at radius 1 is 1.23 bits per heavy atom. The molecule has 112 valence electrons. The molecular weight excluding hydrogens is 298 g/mol. The zero-order chi connectivity index (χ0) is 15.5. The van der Waals surface area contributed by atoms with E-state index in [4.69, 9.17) is 16.3 Å². The number of fused-ring (bicyclic) bond motifs is 1. The van der Waals surface area contributed by atoms with Gasteiger partial charge in [0.2, 0.25) is 0 Å². The highest BCUT2D eigenvalue weighted by atomic mass is 35.5. The summed E-state index contributed by atoms with van der Waals surface area (Å²) in [5.74, 6) is -0.303. The molecule has 1 heterocycles. The predicted octanol–water partition coefficient (Wildman–Crippen LogP) is 3.91. The van der Waals surface area contributed by atoms with Crippen molar-refractivity contribution in [3.8, 4) is 0 Å². The number of aliphatic imine (C=N–C) groups is 1. The van der Waals surface area contributed by atoms with E-state index < -0.39 is 0 Å². The minimum atomic E-state index is -0.303. The van der Waals surface area contributed by atoms with E-state index in [0.717, 1.165) is 29.8 Å². The van der Waals surface area contributed by atoms with Crippen LogP contribution >= 0.6 is 11.6 Å². The number of hydrogen-bond acceptors (Lipinski definition) is 3. The third kappa shape index (κ3) is 2.90. The lowest BCUT2D eigenvalue weighted by atomic mass is 9.93. The summed E-state index contributed by atoms with van der Waals surface area (Å²) >= 11 is 6.11. The zero-order valence-corrected chi connectivity index (χ0v) is 13.1. The summed E-state index contributed by atoms with van der Waals surface area (Å²) in [7, 11) is 0. The number of ether oxygens (including phenoxy) is 1. The largest absolute Gasteiger partial charge is 0.462 e. The van der Waals surface area contributed by atoms with Crippen molar-refractivity contribution in [1.82, 2.24) is 0 Å². The second-order valence-corrected chi connectivity index (χ2v) is 5.52. The molecule has 0 atom stereocenters. The SMILES string of the molecule is CCOC(=O)c1ccc(C2=NCCc3ccc(Cl)cc32)cc1. The Hall–Kier alpha value is -2.13. The summed E-state index contributed by atoms with van der Waals surface area (Å²) in [6.07, 6.45) is 0.927. The van der Waals surface area contributed by atoms with Crippen molar-refractivity contribution in [3.05, 3.63) is 69.7 Å². The second-order valence-electron chi connectivity index (χ2n) is 5.08. The van der Waals surface area contributed by atoms with E-state index in [1.165, 1.54) is 5.56 Å². The number of esters is 1. The molecule has 0 saturated heterocycles. The van der Waals surface area contributed by atoms with Gasteiger partial charge in [-0.2, -0.15) is 0 Å². The van der Waals surface area contributed by atoms with Crippen LogP contribution in [0.4, 0.5) is 0 Å². The third-order valence-electron chi connectivity index (χ3n) is 3.65. The fourth-order valence-electron chi connectivity index (χ4n) is 2.59. The lowest BCUT2D eigenvalue weighted by Crippen LogP contribution is -2.14. The lowest BCUT2D eigenvalue weighted by Gasteiger charge is -2.17. The number of benzene rings is 2. The van der Waals surface area contributed by atoms with Gasteiger partial charge in [0.05, 0.1) is 17.9 Å². The minimum Gasteiger partial charge on any atom is -0.462 e. The topological polar surface area (TPSA) is 38.7 Å². The Kier molecular flexibility index (Phi) is 4.25. The molecule has 0 N–H and O–H groups in total. The lowest BCUT2D eigenvalue weighted by molar-refractivity contribution is 0.0526. The average molecular weight is 314 g/mol. The quantitative estimate of drug-likeness (QED) is 0.806. The maximum atomic E-state index is 11.7. The maximum absolute atomic E-state index is 11.7. The van der Waals surface area contributed by atoms with E-state index >= 15 is 0 Å². The van der Waals surface area contributed by atoms with Crippen molar-refractivity contribution in [2.24, 2.45) is 4.99 Å². The standard InChI is InChI=1S/C18H16ClNO2/c1-2-22-18(21)14-5-3-13(4-6-14)17-16-11-15(19)8-7-12(16)9-10-20-17/h3-8,11H,2,9-10H2,1H3. The fraction of sp³-hybridized carbons (Fsp3) is 0.222. The Morgan fingerprint density at radius 3 is 2.73 bits per heavy atom. The minimum absolute atomic E-state index is 0.303. The number of halogens is 1. The smallest absolute Gasteiger partial charge is 0.338 e. The van der Waals surface area contributed by atoms with Gasteiger partial charge in [-0.05, 0) is 43.2 Å². The van der Waals surface area contributed by atoms with Crippen LogP contribution in [-0.4, -0.2) is 24.8 Å². The normalized spacial score (nSPS) is 13.3. The second kappa shape index (κ2) is 6.32. The average Bonchev–Trinajstić information content (AvgIpc) is 2.54. The van der Waals surface area contributed by atoms with Gasteiger partial charge in [0, 0.05) is 22.7 Å². The molecule has 0 radical (unpaired) electrons. The molecular formula is C18H16ClNO2. The van der Waals surface area contributed by atoms with Crippen LogP contribution in [-0.2, 0) is 11.2 Å². The van der Waals surface area contributed by atoms with E-state index in [2.05, 4.69) is 11.1 Å². The van der Waals surface area contributed by atoms with Crippen LogP contribution in [0.15, 0.2) is 47.5 Å². The number of carbonyl (C=O) groups excluding carboxylic acids is 1. The molecule has 0 aliphatic carbocycles. The van der Waals surface area contributed by atoms with E-state index in [9.17, 15) is 4.79 Å². The van der Waals surface area contributed by atoms with Crippen LogP contribution < -0.4 is 0 Å². The highest BCUT2D eigenvalue weighted by Gasteiger charge is 2.16. The fourth-order valence-corrected chi connectivity index (χ4v) is 2.76. The van der Waals surface area contributed by atoms with E-state index in [1.807, 2.05) is 24.3 Å². The molecule has 0 fully saturated rings. The Morgan fingerprint density at radius 2 is 2.00 bits per heavy atom. The molecule has 0 unspecified atom stereocenters. The Balaban J connectivity index is 1.94. The molecule has 3 nitrogen and oxygen atoms in total. The summed E-state index contributed by atoms with van der Waals surface area (Å²) in [5.41, 5.74) is 4.79. The first-order chi connectivity index (χ1) is 10.7. The van der Waals surface area contributed by atoms with Crippen LogP contribution in [0.1, 0.15) is 34.0 Å². The van der Waals surface area contributed by atoms with Gasteiger partial charge in [0.1, 0.15) is 0 Å². The van der Waals surface area contributed by atoms with Crippen molar-refractivity contribution < 1.29 is 9.53 Å². The van der Waals surface area contributed by atoms with Gasteiger partial charge in [-0.3, -0.25) is 4.99 Å². The highest BCUT2D eigenvalue weighted by Crippen LogP contribution is 2.24. The van der Waals surface area contributed by atoms with Crippen LogP contribution in [0.2, 0.25) is 5.02 Å². The first kappa shape index (κ1) is 14.8. The van der Waals surface area contributed by atoms with Gasteiger partial charge in [0.15, 0.2) is 0 Å². The van der Waals surface area contributed by atoms with Gasteiger partial charge in [-0.15, -0.1) is 0 Å². The van der Waals surface area contributed by atoms with E-state index in [-0.39, 0.29) is 5.97 Å². The molecule has 0 amide bonds. The molecule has 3 rings (SSSR count). The zero-order valence-electron chi connectivity index (χ0n) is 12.3. The van der Waals surface area contributed by atoms with Crippen LogP contribution in [0.3, 0.4) is 0 Å². The Bertz CT molecular complexity index is 735. The van der Waals surface area contributed by atoms with Gasteiger partial charge in [-0.1, -0.05) is 29.8 Å². The molecule has 0 saturated carbocycles. The van der Waals surface area contributed by atoms with Crippen LogP contribution in [0, 0.1) is 0 Å². The van der Waals surface area contributed by atoms with E-state index in [1.54, 1.807) is 19.1 Å². The number of nitrogens with zero attached hydrogens (tertiary/aromatic N) is 1. The first-order valence-electron chi connectivity index (χ1n) is 7.30. The summed E-state index contributed by atoms with van der Waals surface area (Å²) in [6.45, 7) is 2.94. The molecule has 1 aliphatic rings. The maximum Gasteiger partial charge on any atom is 0.338 e. The first-order valence-corrected chi connectivity index (χ1v) is 7.67. The predicted molar refractivity (Wildman–Crippen MR) is 88.1 cm³/mol. The molecule has 0 spiro atoms. The van der Waals surface area contributed by atoms with Crippen molar-refractivity contribution >= 4 is 23.3 Å². The van der Waals surface area contributed by atoms with Crippen molar-refractivity contribution in [1.29, 1.82) is 0 Å². The summed E-state index contributed by atoms with van der Waals surface area (Å²) in [6, 6.07) is 13.3. The molecule has 4 heteroatoms. The summed E-state index contributed by atoms with van der Waals surface area (Å²) in [5, 5.41) is 0.705. The summed E-state index contributed by atoms with van der Waals surface area (Å²) in [4.78, 5) is 16.3. The highest BCUT2D eigenvalue weighted by molar-refractivity contribution is 6.31. The molecule has 2 aromatic carbocycles. The van der Waals surface area contributed by atoms with E-state index in [0.29, 0.717) is 17.2 Å². The van der Waals surface area contributed by atoms with Gasteiger partial charge in [-0.25, -0.2) is 4.79 Å². The molecule has 22 heavy (non-hydrogen) atoms. The number of hydrogen-bond donors (Lipinski definition) is 0. The summed E-state index contributed by atoms with van der Waals surface area (Å²) < 4.78 is 5.00. The monoisotopic (exact) mass is 313 g/mol. The molecule has 2 aromatic rings. The molecule has 0 aromatic heterocycles. The van der Waals surface area contributed by atoms with Crippen molar-refractivity contribution in [2.75, 3.05) is 13.2 Å². The van der Waals surface area contributed by atoms with Crippen LogP contribution in [0.25, 0.3) is 0 Å². The molecule has 1 aliphatic heterocycles. The Labute approximate surface area is 134 Å². The van der Waals surface area contributed by atoms with Gasteiger partial charge < -0.3 is 4.74 Å². The van der Waals surface area contributed by atoms with Gasteiger partial charge in [0.25, 0.3) is 0 Å². The molecule has 0 bridgehead atoms. The third-order valence-corrected chi connectivity index (χ3v) is 3.88. The van der Waals surface area contributed by atoms with Gasteiger partial charge >= 0.3 is 5.97 Å². The number of rotatable bonds is 3.